The van der Waals surface area contributed by atoms with Crippen LogP contribution in [0.4, 0.5) is 11.4 Å². The van der Waals surface area contributed by atoms with Crippen LogP contribution in [0.2, 0.25) is 0 Å². The average molecular weight is 398 g/mol. The van der Waals surface area contributed by atoms with Crippen LogP contribution in [0.5, 0.6) is 5.75 Å². The Balaban J connectivity index is 1.62. The summed E-state index contributed by atoms with van der Waals surface area (Å²) in [6.45, 7) is 5.99. The predicted molar refractivity (Wildman–Crippen MR) is 106 cm³/mol. The molecule has 1 aromatic carbocycles. The first kappa shape index (κ1) is 20.1. The van der Waals surface area contributed by atoms with Gasteiger partial charge in [-0.3, -0.25) is 19.6 Å². The van der Waals surface area contributed by atoms with Crippen LogP contribution in [-0.2, 0) is 11.5 Å². The second-order valence-electron chi connectivity index (χ2n) is 6.66. The number of benzene rings is 1. The van der Waals surface area contributed by atoms with E-state index in [-0.39, 0.29) is 18.3 Å². The molecule has 0 saturated carbocycles. The van der Waals surface area contributed by atoms with Crippen LogP contribution in [0.3, 0.4) is 0 Å². The van der Waals surface area contributed by atoms with Gasteiger partial charge in [-0.1, -0.05) is 24.6 Å². The van der Waals surface area contributed by atoms with Gasteiger partial charge in [0.15, 0.2) is 6.73 Å². The number of aromatic nitrogens is 4. The predicted octanol–water partition coefficient (Wildman–Crippen LogP) is 3.23. The van der Waals surface area contributed by atoms with E-state index in [1.807, 2.05) is 32.0 Å². The van der Waals surface area contributed by atoms with Crippen molar-refractivity contribution in [2.45, 2.75) is 40.0 Å². The Labute approximate surface area is 167 Å². The van der Waals surface area contributed by atoms with Crippen molar-refractivity contribution in [3.63, 3.8) is 0 Å². The van der Waals surface area contributed by atoms with Crippen LogP contribution in [0.1, 0.15) is 30.5 Å². The monoisotopic (exact) mass is 398 g/mol. The summed E-state index contributed by atoms with van der Waals surface area (Å²) in [6, 6.07) is 5.25. The molecule has 0 bridgehead atoms. The number of nitrogens with one attached hydrogen (secondary N) is 1. The third-order valence-electron chi connectivity index (χ3n) is 4.39. The van der Waals surface area contributed by atoms with E-state index < -0.39 is 11.0 Å². The van der Waals surface area contributed by atoms with Crippen molar-refractivity contribution in [1.29, 1.82) is 0 Å². The van der Waals surface area contributed by atoms with Gasteiger partial charge >= 0.3 is 5.69 Å². The molecule has 1 N–H and O–H groups in total. The molecule has 1 amide bonds. The van der Waals surface area contributed by atoms with E-state index in [9.17, 15) is 14.9 Å². The number of anilines is 1. The molecule has 0 fully saturated rings. The molecule has 1 atom stereocenters. The van der Waals surface area contributed by atoms with Gasteiger partial charge in [0, 0.05) is 0 Å². The largest absolute Gasteiger partial charge is 0.471 e. The first-order valence-corrected chi connectivity index (χ1v) is 9.09. The molecule has 0 saturated heterocycles. The number of carbonyl (C=O) groups is 1. The SMILES string of the molecule is CCC(C(=O)Nc1cnn(COc2ccc(C)cc2C)c1)n1cc([N+](=O)[O-])cn1. The summed E-state index contributed by atoms with van der Waals surface area (Å²) in [5.41, 5.74) is 2.53. The Morgan fingerprint density at radius 3 is 2.72 bits per heavy atom. The van der Waals surface area contributed by atoms with Gasteiger partial charge in [-0.25, -0.2) is 4.68 Å². The number of ether oxygens (including phenoxy) is 1. The number of aryl methyl sites for hydroxylation is 2. The van der Waals surface area contributed by atoms with E-state index in [1.165, 1.54) is 17.1 Å². The van der Waals surface area contributed by atoms with Crippen molar-refractivity contribution in [3.8, 4) is 5.75 Å². The standard InChI is InChI=1S/C19H22N6O4/c1-4-17(24-11-16(9-21-24)25(27)28)19(26)22-15-8-20-23(10-15)12-29-18-6-5-13(2)7-14(18)3/h5-11,17H,4,12H2,1-3H3,(H,22,26). The fourth-order valence-corrected chi connectivity index (χ4v) is 2.91. The number of amides is 1. The molecule has 0 radical (unpaired) electrons. The van der Waals surface area contributed by atoms with Gasteiger partial charge in [0.2, 0.25) is 5.91 Å². The summed E-state index contributed by atoms with van der Waals surface area (Å²) >= 11 is 0. The van der Waals surface area contributed by atoms with Crippen LogP contribution in [0.15, 0.2) is 43.0 Å². The Kier molecular flexibility index (Phi) is 5.91. The summed E-state index contributed by atoms with van der Waals surface area (Å²) in [5, 5.41) is 21.7. The lowest BCUT2D eigenvalue weighted by Gasteiger charge is -2.14. The fourth-order valence-electron chi connectivity index (χ4n) is 2.91. The highest BCUT2D eigenvalue weighted by atomic mass is 16.6. The highest BCUT2D eigenvalue weighted by molar-refractivity contribution is 5.93. The van der Waals surface area contributed by atoms with Crippen molar-refractivity contribution < 1.29 is 14.5 Å². The second kappa shape index (κ2) is 8.55. The highest BCUT2D eigenvalue weighted by Crippen LogP contribution is 2.20. The molecule has 29 heavy (non-hydrogen) atoms. The van der Waals surface area contributed by atoms with Gasteiger partial charge in [-0.15, -0.1) is 0 Å². The van der Waals surface area contributed by atoms with Crippen LogP contribution >= 0.6 is 0 Å². The Morgan fingerprint density at radius 1 is 1.28 bits per heavy atom. The number of hydrogen-bond acceptors (Lipinski definition) is 6. The average Bonchev–Trinajstić information content (AvgIpc) is 3.32. The first-order chi connectivity index (χ1) is 13.9. The Morgan fingerprint density at radius 2 is 2.07 bits per heavy atom. The molecule has 10 nitrogen and oxygen atoms in total. The van der Waals surface area contributed by atoms with Crippen molar-refractivity contribution in [2.24, 2.45) is 0 Å². The molecule has 0 aliphatic carbocycles. The van der Waals surface area contributed by atoms with E-state index in [0.29, 0.717) is 12.1 Å². The molecule has 2 aromatic heterocycles. The molecule has 3 rings (SSSR count). The lowest BCUT2D eigenvalue weighted by molar-refractivity contribution is -0.385. The van der Waals surface area contributed by atoms with E-state index in [4.69, 9.17) is 4.74 Å². The Bertz CT molecular complexity index is 1030. The second-order valence-corrected chi connectivity index (χ2v) is 6.66. The maximum Gasteiger partial charge on any atom is 0.307 e. The third-order valence-corrected chi connectivity index (χ3v) is 4.39. The van der Waals surface area contributed by atoms with E-state index in [0.717, 1.165) is 23.1 Å². The molecule has 2 heterocycles. The summed E-state index contributed by atoms with van der Waals surface area (Å²) in [4.78, 5) is 22.8. The molecule has 3 aromatic rings. The molecule has 10 heteroatoms. The molecule has 152 valence electrons. The lowest BCUT2D eigenvalue weighted by Crippen LogP contribution is -2.25. The van der Waals surface area contributed by atoms with Crippen molar-refractivity contribution in [1.82, 2.24) is 19.6 Å². The van der Waals surface area contributed by atoms with Crippen LogP contribution in [0.25, 0.3) is 0 Å². The van der Waals surface area contributed by atoms with Gasteiger partial charge in [-0.05, 0) is 31.9 Å². The van der Waals surface area contributed by atoms with Crippen LogP contribution < -0.4 is 10.1 Å². The van der Waals surface area contributed by atoms with Crippen LogP contribution in [-0.4, -0.2) is 30.4 Å². The van der Waals surface area contributed by atoms with Gasteiger partial charge in [0.25, 0.3) is 0 Å². The van der Waals surface area contributed by atoms with Gasteiger partial charge in [0.05, 0.1) is 23.0 Å². The summed E-state index contributed by atoms with van der Waals surface area (Å²) in [7, 11) is 0. The fraction of sp³-hybridized carbons (Fsp3) is 0.316. The molecule has 0 aliphatic heterocycles. The number of rotatable bonds is 8. The first-order valence-electron chi connectivity index (χ1n) is 9.09. The minimum atomic E-state index is -0.668. The molecular weight excluding hydrogens is 376 g/mol. The molecule has 0 spiro atoms. The van der Waals surface area contributed by atoms with E-state index in [1.54, 1.807) is 17.8 Å². The Hall–Kier alpha value is -3.69. The normalized spacial score (nSPS) is 11.8. The van der Waals surface area contributed by atoms with Gasteiger partial charge in [0.1, 0.15) is 24.2 Å². The smallest absolute Gasteiger partial charge is 0.307 e. The topological polar surface area (TPSA) is 117 Å². The maximum atomic E-state index is 12.6. The van der Waals surface area contributed by atoms with Crippen molar-refractivity contribution in [3.05, 3.63) is 64.2 Å². The maximum absolute atomic E-state index is 12.6. The van der Waals surface area contributed by atoms with Gasteiger partial charge < -0.3 is 10.1 Å². The molecular formula is C19H22N6O4. The zero-order chi connectivity index (χ0) is 21.0. The van der Waals surface area contributed by atoms with Gasteiger partial charge in [-0.2, -0.15) is 10.2 Å². The summed E-state index contributed by atoms with van der Waals surface area (Å²) in [6.07, 6.45) is 5.96. The van der Waals surface area contributed by atoms with Crippen molar-refractivity contribution >= 4 is 17.3 Å². The number of hydrogen-bond donors (Lipinski definition) is 1. The zero-order valence-corrected chi connectivity index (χ0v) is 16.4. The third kappa shape index (κ3) is 4.78. The minimum absolute atomic E-state index is 0.160. The lowest BCUT2D eigenvalue weighted by atomic mass is 10.1. The summed E-state index contributed by atoms with van der Waals surface area (Å²) < 4.78 is 8.63. The van der Waals surface area contributed by atoms with Crippen molar-refractivity contribution in [2.75, 3.05) is 5.32 Å². The highest BCUT2D eigenvalue weighted by Gasteiger charge is 2.22. The number of carbonyl (C=O) groups excluding carboxylic acids is 1. The molecule has 0 aliphatic rings. The minimum Gasteiger partial charge on any atom is -0.471 e. The zero-order valence-electron chi connectivity index (χ0n) is 16.4. The van der Waals surface area contributed by atoms with E-state index in [2.05, 4.69) is 15.5 Å². The number of nitrogens with zero attached hydrogens (tertiary/aromatic N) is 5. The quantitative estimate of drug-likeness (QED) is 0.460. The molecule has 1 unspecified atom stereocenters. The summed E-state index contributed by atoms with van der Waals surface area (Å²) in [5.74, 6) is 0.434. The van der Waals surface area contributed by atoms with Crippen LogP contribution in [0, 0.1) is 24.0 Å². The number of nitro groups is 1. The van der Waals surface area contributed by atoms with E-state index >= 15 is 0 Å².